The van der Waals surface area contributed by atoms with Gasteiger partial charge in [0.15, 0.2) is 11.6 Å². The largest absolute Gasteiger partial charge is 0.436 e. The zero-order valence-electron chi connectivity index (χ0n) is 8.52. The van der Waals surface area contributed by atoms with Gasteiger partial charge >= 0.3 is 0 Å². The minimum absolute atomic E-state index is 0.0574. The van der Waals surface area contributed by atoms with Crippen molar-refractivity contribution in [3.8, 4) is 17.7 Å². The molecule has 2 rings (SSSR count). The number of ether oxygens (including phenoxy) is 1. The van der Waals surface area contributed by atoms with Crippen LogP contribution in [0.25, 0.3) is 0 Å². The van der Waals surface area contributed by atoms with Crippen LogP contribution in [0.5, 0.6) is 11.6 Å². The Bertz CT molecular complexity index is 595. The van der Waals surface area contributed by atoms with Gasteiger partial charge < -0.3 is 4.74 Å². The molecule has 0 radical (unpaired) electrons. The van der Waals surface area contributed by atoms with E-state index in [-0.39, 0.29) is 17.3 Å². The SMILES string of the molecule is N#Cc1cccc(Oc2cc(Br)ccc2F)n1. The van der Waals surface area contributed by atoms with Gasteiger partial charge in [-0.3, -0.25) is 0 Å². The number of pyridine rings is 1. The van der Waals surface area contributed by atoms with Crippen molar-refractivity contribution in [3.63, 3.8) is 0 Å². The molecule has 84 valence electrons. The number of nitriles is 1. The Labute approximate surface area is 106 Å². The van der Waals surface area contributed by atoms with E-state index >= 15 is 0 Å². The van der Waals surface area contributed by atoms with Crippen LogP contribution in [0.15, 0.2) is 40.9 Å². The van der Waals surface area contributed by atoms with Crippen LogP contribution in [-0.4, -0.2) is 4.98 Å². The third-order valence-corrected chi connectivity index (χ3v) is 2.44. The molecule has 0 aliphatic carbocycles. The molecule has 17 heavy (non-hydrogen) atoms. The zero-order valence-corrected chi connectivity index (χ0v) is 10.1. The van der Waals surface area contributed by atoms with Gasteiger partial charge in [-0.1, -0.05) is 22.0 Å². The van der Waals surface area contributed by atoms with Crippen LogP contribution in [-0.2, 0) is 0 Å². The lowest BCUT2D eigenvalue weighted by Crippen LogP contribution is -1.92. The molecule has 0 fully saturated rings. The van der Waals surface area contributed by atoms with Crippen molar-refractivity contribution in [2.75, 3.05) is 0 Å². The number of benzene rings is 1. The predicted octanol–water partition coefficient (Wildman–Crippen LogP) is 3.65. The Balaban J connectivity index is 2.31. The summed E-state index contributed by atoms with van der Waals surface area (Å²) >= 11 is 3.22. The summed E-state index contributed by atoms with van der Waals surface area (Å²) in [5.41, 5.74) is 0.220. The Morgan fingerprint density at radius 2 is 2.12 bits per heavy atom. The second-order valence-corrected chi connectivity index (χ2v) is 4.07. The highest BCUT2D eigenvalue weighted by Gasteiger charge is 2.06. The van der Waals surface area contributed by atoms with Crippen LogP contribution < -0.4 is 4.74 Å². The van der Waals surface area contributed by atoms with E-state index in [1.807, 2.05) is 6.07 Å². The molecule has 0 spiro atoms. The van der Waals surface area contributed by atoms with Gasteiger partial charge in [0.05, 0.1) is 0 Å². The second kappa shape index (κ2) is 4.93. The van der Waals surface area contributed by atoms with Gasteiger partial charge in [-0.2, -0.15) is 5.26 Å². The maximum absolute atomic E-state index is 13.4. The second-order valence-electron chi connectivity index (χ2n) is 3.15. The van der Waals surface area contributed by atoms with Crippen molar-refractivity contribution in [2.45, 2.75) is 0 Å². The number of rotatable bonds is 2. The van der Waals surface area contributed by atoms with Crippen LogP contribution in [0.4, 0.5) is 4.39 Å². The summed E-state index contributed by atoms with van der Waals surface area (Å²) in [7, 11) is 0. The molecule has 0 atom stereocenters. The summed E-state index contributed by atoms with van der Waals surface area (Å²) in [6.07, 6.45) is 0. The highest BCUT2D eigenvalue weighted by molar-refractivity contribution is 9.10. The summed E-state index contributed by atoms with van der Waals surface area (Å²) < 4.78 is 19.4. The van der Waals surface area contributed by atoms with Crippen LogP contribution >= 0.6 is 15.9 Å². The molecule has 0 aliphatic rings. The Morgan fingerprint density at radius 3 is 2.88 bits per heavy atom. The van der Waals surface area contributed by atoms with E-state index < -0.39 is 5.82 Å². The minimum atomic E-state index is -0.489. The molecule has 2 aromatic rings. The molecule has 0 bridgehead atoms. The molecular weight excluding hydrogens is 287 g/mol. The normalized spacial score (nSPS) is 9.71. The molecule has 1 heterocycles. The standard InChI is InChI=1S/C12H6BrFN2O/c13-8-4-5-10(14)11(6-8)17-12-3-1-2-9(7-15)16-12/h1-6H. The van der Waals surface area contributed by atoms with Gasteiger partial charge in [0.1, 0.15) is 11.8 Å². The van der Waals surface area contributed by atoms with E-state index in [9.17, 15) is 4.39 Å². The van der Waals surface area contributed by atoms with Gasteiger partial charge in [0.25, 0.3) is 0 Å². The quantitative estimate of drug-likeness (QED) is 0.849. The van der Waals surface area contributed by atoms with E-state index in [0.717, 1.165) is 0 Å². The molecule has 0 unspecified atom stereocenters. The summed E-state index contributed by atoms with van der Waals surface area (Å²) in [6.45, 7) is 0. The number of hydrogen-bond acceptors (Lipinski definition) is 3. The van der Waals surface area contributed by atoms with Gasteiger partial charge in [-0.15, -0.1) is 0 Å². The fourth-order valence-corrected chi connectivity index (χ4v) is 1.54. The van der Waals surface area contributed by atoms with Crippen LogP contribution in [0.1, 0.15) is 5.69 Å². The van der Waals surface area contributed by atoms with Crippen molar-refractivity contribution in [1.29, 1.82) is 5.26 Å². The zero-order chi connectivity index (χ0) is 12.3. The first-order valence-electron chi connectivity index (χ1n) is 4.69. The first-order chi connectivity index (χ1) is 8.19. The third-order valence-electron chi connectivity index (χ3n) is 1.95. The topological polar surface area (TPSA) is 45.9 Å². The molecule has 5 heteroatoms. The smallest absolute Gasteiger partial charge is 0.220 e. The van der Waals surface area contributed by atoms with Crippen LogP contribution in [0, 0.1) is 17.1 Å². The maximum Gasteiger partial charge on any atom is 0.220 e. The number of halogens is 2. The number of aromatic nitrogens is 1. The molecule has 0 N–H and O–H groups in total. The van der Waals surface area contributed by atoms with Gasteiger partial charge in [0, 0.05) is 10.5 Å². The summed E-state index contributed by atoms with van der Waals surface area (Å²) in [6, 6.07) is 11.0. The van der Waals surface area contributed by atoms with Crippen molar-refractivity contribution in [1.82, 2.24) is 4.98 Å². The summed E-state index contributed by atoms with van der Waals surface area (Å²) in [5, 5.41) is 8.68. The van der Waals surface area contributed by atoms with Crippen LogP contribution in [0.2, 0.25) is 0 Å². The molecule has 0 aliphatic heterocycles. The molecular formula is C12H6BrFN2O. The number of nitrogens with zero attached hydrogens (tertiary/aromatic N) is 2. The van der Waals surface area contributed by atoms with Crippen LogP contribution in [0.3, 0.4) is 0 Å². The van der Waals surface area contributed by atoms with E-state index in [1.54, 1.807) is 24.3 Å². The van der Waals surface area contributed by atoms with E-state index in [0.29, 0.717) is 4.47 Å². The minimum Gasteiger partial charge on any atom is -0.436 e. The Morgan fingerprint density at radius 1 is 1.29 bits per heavy atom. The van der Waals surface area contributed by atoms with E-state index in [2.05, 4.69) is 20.9 Å². The highest BCUT2D eigenvalue weighted by Crippen LogP contribution is 2.26. The Hall–Kier alpha value is -1.93. The fraction of sp³-hybridized carbons (Fsp3) is 0. The lowest BCUT2D eigenvalue weighted by Gasteiger charge is -2.06. The first kappa shape index (κ1) is 11.6. The molecule has 0 saturated heterocycles. The predicted molar refractivity (Wildman–Crippen MR) is 63.1 cm³/mol. The van der Waals surface area contributed by atoms with Gasteiger partial charge in [0.2, 0.25) is 5.88 Å². The Kier molecular flexibility index (Phi) is 3.35. The fourth-order valence-electron chi connectivity index (χ4n) is 1.20. The molecule has 0 amide bonds. The van der Waals surface area contributed by atoms with Crippen molar-refractivity contribution in [2.24, 2.45) is 0 Å². The maximum atomic E-state index is 13.4. The number of hydrogen-bond donors (Lipinski definition) is 0. The van der Waals surface area contributed by atoms with Gasteiger partial charge in [-0.25, -0.2) is 9.37 Å². The first-order valence-corrected chi connectivity index (χ1v) is 5.48. The third kappa shape index (κ3) is 2.80. The molecule has 3 nitrogen and oxygen atoms in total. The monoisotopic (exact) mass is 292 g/mol. The lowest BCUT2D eigenvalue weighted by atomic mass is 10.3. The van der Waals surface area contributed by atoms with Gasteiger partial charge in [-0.05, 0) is 24.3 Å². The summed E-state index contributed by atoms with van der Waals surface area (Å²) in [5.74, 6) is -0.250. The molecule has 1 aromatic carbocycles. The van der Waals surface area contributed by atoms with Crippen molar-refractivity contribution >= 4 is 15.9 Å². The van der Waals surface area contributed by atoms with E-state index in [1.165, 1.54) is 12.1 Å². The lowest BCUT2D eigenvalue weighted by molar-refractivity contribution is 0.427. The molecule has 0 saturated carbocycles. The van der Waals surface area contributed by atoms with E-state index in [4.69, 9.17) is 10.00 Å². The summed E-state index contributed by atoms with van der Waals surface area (Å²) in [4.78, 5) is 3.89. The average Bonchev–Trinajstić information content (AvgIpc) is 2.34. The molecule has 1 aromatic heterocycles. The average molecular weight is 293 g/mol. The highest BCUT2D eigenvalue weighted by atomic mass is 79.9. The van der Waals surface area contributed by atoms with Crippen molar-refractivity contribution in [3.05, 3.63) is 52.4 Å². The van der Waals surface area contributed by atoms with Crippen molar-refractivity contribution < 1.29 is 9.13 Å².